The lowest BCUT2D eigenvalue weighted by molar-refractivity contribution is -0.139. The number of amides is 2. The van der Waals surface area contributed by atoms with Gasteiger partial charge in [-0.05, 0) is 37.0 Å². The Kier molecular flexibility index (Phi) is 7.99. The molecule has 0 aliphatic rings. The molecule has 5 heteroatoms. The van der Waals surface area contributed by atoms with Crippen LogP contribution in [-0.4, -0.2) is 35.8 Å². The summed E-state index contributed by atoms with van der Waals surface area (Å²) in [6.45, 7) is 4.66. The molecule has 0 saturated carbocycles. The summed E-state index contributed by atoms with van der Waals surface area (Å²) in [6.07, 6.45) is 1.40. The number of hydrogen-bond acceptors (Lipinski definition) is 2. The van der Waals surface area contributed by atoms with Crippen molar-refractivity contribution in [2.24, 2.45) is 0 Å². The number of carbonyl (C=O) groups is 2. The monoisotopic (exact) mass is 370 g/mol. The Labute approximate surface area is 160 Å². The smallest absolute Gasteiger partial charge is 0.242 e. The quantitative estimate of drug-likeness (QED) is 0.736. The third-order valence-electron chi connectivity index (χ3n) is 4.50. The molecular formula is C22H27FN2O2. The maximum Gasteiger partial charge on any atom is 0.242 e. The van der Waals surface area contributed by atoms with Gasteiger partial charge in [0.05, 0.1) is 6.42 Å². The average Bonchev–Trinajstić information content (AvgIpc) is 2.68. The molecule has 0 spiro atoms. The largest absolute Gasteiger partial charge is 0.354 e. The molecular weight excluding hydrogens is 343 g/mol. The minimum Gasteiger partial charge on any atom is -0.354 e. The SMILES string of the molecule is CCCNC(=O)C(C)N(CCc1ccccc1)C(=O)Cc1ccccc1F. The maximum absolute atomic E-state index is 13.9. The summed E-state index contributed by atoms with van der Waals surface area (Å²) in [5, 5.41) is 2.83. The fraction of sp³-hybridized carbons (Fsp3) is 0.364. The summed E-state index contributed by atoms with van der Waals surface area (Å²) < 4.78 is 13.9. The van der Waals surface area contributed by atoms with Gasteiger partial charge in [0.15, 0.2) is 0 Å². The first-order valence-electron chi connectivity index (χ1n) is 9.37. The van der Waals surface area contributed by atoms with Crippen molar-refractivity contribution >= 4 is 11.8 Å². The van der Waals surface area contributed by atoms with Crippen LogP contribution >= 0.6 is 0 Å². The van der Waals surface area contributed by atoms with Gasteiger partial charge in [-0.2, -0.15) is 0 Å². The highest BCUT2D eigenvalue weighted by atomic mass is 19.1. The van der Waals surface area contributed by atoms with E-state index < -0.39 is 11.9 Å². The zero-order chi connectivity index (χ0) is 19.6. The minimum absolute atomic E-state index is 0.0626. The van der Waals surface area contributed by atoms with Gasteiger partial charge in [0, 0.05) is 13.1 Å². The first kappa shape index (κ1) is 20.6. The molecule has 0 radical (unpaired) electrons. The highest BCUT2D eigenvalue weighted by molar-refractivity contribution is 5.88. The van der Waals surface area contributed by atoms with Crippen LogP contribution in [0.15, 0.2) is 54.6 Å². The number of halogens is 1. The fourth-order valence-corrected chi connectivity index (χ4v) is 2.87. The van der Waals surface area contributed by atoms with E-state index in [2.05, 4.69) is 5.32 Å². The van der Waals surface area contributed by atoms with Gasteiger partial charge in [-0.3, -0.25) is 9.59 Å². The Bertz CT molecular complexity index is 749. The van der Waals surface area contributed by atoms with Crippen LogP contribution < -0.4 is 5.32 Å². The van der Waals surface area contributed by atoms with Crippen LogP contribution in [0.3, 0.4) is 0 Å². The predicted octanol–water partition coefficient (Wildman–Crippen LogP) is 3.35. The van der Waals surface area contributed by atoms with Crippen LogP contribution in [-0.2, 0) is 22.4 Å². The molecule has 0 bridgehead atoms. The molecule has 0 fully saturated rings. The van der Waals surface area contributed by atoms with Crippen molar-refractivity contribution in [3.8, 4) is 0 Å². The van der Waals surface area contributed by atoms with E-state index in [9.17, 15) is 14.0 Å². The van der Waals surface area contributed by atoms with E-state index in [0.29, 0.717) is 25.1 Å². The van der Waals surface area contributed by atoms with Gasteiger partial charge >= 0.3 is 0 Å². The number of nitrogens with one attached hydrogen (secondary N) is 1. The summed E-state index contributed by atoms with van der Waals surface area (Å²) in [5.74, 6) is -0.848. The van der Waals surface area contributed by atoms with Gasteiger partial charge in [-0.25, -0.2) is 4.39 Å². The molecule has 0 heterocycles. The van der Waals surface area contributed by atoms with Crippen molar-refractivity contribution in [2.45, 2.75) is 39.2 Å². The highest BCUT2D eigenvalue weighted by Gasteiger charge is 2.26. The fourth-order valence-electron chi connectivity index (χ4n) is 2.87. The van der Waals surface area contributed by atoms with E-state index in [1.807, 2.05) is 37.3 Å². The third-order valence-corrected chi connectivity index (χ3v) is 4.50. The number of hydrogen-bond donors (Lipinski definition) is 1. The van der Waals surface area contributed by atoms with E-state index in [1.165, 1.54) is 6.07 Å². The van der Waals surface area contributed by atoms with Crippen molar-refractivity contribution in [3.05, 3.63) is 71.5 Å². The molecule has 0 aromatic heterocycles. The lowest BCUT2D eigenvalue weighted by Crippen LogP contribution is -2.49. The topological polar surface area (TPSA) is 49.4 Å². The van der Waals surface area contributed by atoms with E-state index in [0.717, 1.165) is 12.0 Å². The van der Waals surface area contributed by atoms with Crippen LogP contribution in [0.5, 0.6) is 0 Å². The second kappa shape index (κ2) is 10.5. The van der Waals surface area contributed by atoms with Crippen LogP contribution in [0.25, 0.3) is 0 Å². The van der Waals surface area contributed by atoms with Gasteiger partial charge < -0.3 is 10.2 Å². The van der Waals surface area contributed by atoms with Gasteiger partial charge in [0.25, 0.3) is 0 Å². The summed E-state index contributed by atoms with van der Waals surface area (Å²) in [5.41, 5.74) is 1.43. The molecule has 2 rings (SSSR count). The zero-order valence-electron chi connectivity index (χ0n) is 16.0. The molecule has 0 aliphatic carbocycles. The van der Waals surface area contributed by atoms with Gasteiger partial charge in [0.1, 0.15) is 11.9 Å². The first-order chi connectivity index (χ1) is 13.0. The molecule has 2 amide bonds. The molecule has 2 aromatic rings. The van der Waals surface area contributed by atoms with Gasteiger partial charge in [0.2, 0.25) is 11.8 Å². The molecule has 144 valence electrons. The number of rotatable bonds is 9. The van der Waals surface area contributed by atoms with Crippen molar-refractivity contribution in [2.75, 3.05) is 13.1 Å². The summed E-state index contributed by atoms with van der Waals surface area (Å²) in [4.78, 5) is 26.8. The number of benzene rings is 2. The summed E-state index contributed by atoms with van der Waals surface area (Å²) in [7, 11) is 0. The van der Waals surface area contributed by atoms with Crippen LogP contribution in [0, 0.1) is 5.82 Å². The lowest BCUT2D eigenvalue weighted by atomic mass is 10.1. The molecule has 0 aliphatic heterocycles. The zero-order valence-corrected chi connectivity index (χ0v) is 16.0. The molecule has 27 heavy (non-hydrogen) atoms. The van der Waals surface area contributed by atoms with Crippen molar-refractivity contribution in [3.63, 3.8) is 0 Å². The van der Waals surface area contributed by atoms with Crippen molar-refractivity contribution in [1.29, 1.82) is 0 Å². The van der Waals surface area contributed by atoms with Gasteiger partial charge in [-0.1, -0.05) is 55.5 Å². The molecule has 1 unspecified atom stereocenters. The molecule has 0 saturated heterocycles. The minimum atomic E-state index is -0.612. The number of carbonyl (C=O) groups excluding carboxylic acids is 2. The standard InChI is InChI=1S/C22H27FN2O2/c1-3-14-24-22(27)17(2)25(15-13-18-9-5-4-6-10-18)21(26)16-19-11-7-8-12-20(19)23/h4-12,17H,3,13-16H2,1-2H3,(H,24,27). The normalized spacial score (nSPS) is 11.7. The van der Waals surface area contributed by atoms with Crippen LogP contribution in [0.2, 0.25) is 0 Å². The van der Waals surface area contributed by atoms with E-state index in [4.69, 9.17) is 0 Å². The molecule has 4 nitrogen and oxygen atoms in total. The van der Waals surface area contributed by atoms with Crippen molar-refractivity contribution in [1.82, 2.24) is 10.2 Å². The Hall–Kier alpha value is -2.69. The van der Waals surface area contributed by atoms with E-state index in [-0.39, 0.29) is 18.2 Å². The summed E-state index contributed by atoms with van der Waals surface area (Å²) in [6, 6.07) is 15.4. The molecule has 2 aromatic carbocycles. The van der Waals surface area contributed by atoms with Crippen LogP contribution in [0.1, 0.15) is 31.4 Å². The van der Waals surface area contributed by atoms with E-state index in [1.54, 1.807) is 30.0 Å². The first-order valence-corrected chi connectivity index (χ1v) is 9.37. The number of nitrogens with zero attached hydrogens (tertiary/aromatic N) is 1. The predicted molar refractivity (Wildman–Crippen MR) is 105 cm³/mol. The van der Waals surface area contributed by atoms with E-state index >= 15 is 0 Å². The maximum atomic E-state index is 13.9. The third kappa shape index (κ3) is 6.20. The summed E-state index contributed by atoms with van der Waals surface area (Å²) >= 11 is 0. The average molecular weight is 370 g/mol. The van der Waals surface area contributed by atoms with Gasteiger partial charge in [-0.15, -0.1) is 0 Å². The van der Waals surface area contributed by atoms with Crippen LogP contribution in [0.4, 0.5) is 4.39 Å². The second-order valence-corrected chi connectivity index (χ2v) is 6.56. The Balaban J connectivity index is 2.13. The highest BCUT2D eigenvalue weighted by Crippen LogP contribution is 2.12. The molecule has 1 N–H and O–H groups in total. The Morgan fingerprint density at radius 2 is 1.74 bits per heavy atom. The Morgan fingerprint density at radius 1 is 1.07 bits per heavy atom. The molecule has 1 atom stereocenters. The second-order valence-electron chi connectivity index (χ2n) is 6.56. The Morgan fingerprint density at radius 3 is 2.41 bits per heavy atom. The lowest BCUT2D eigenvalue weighted by Gasteiger charge is -2.29. The van der Waals surface area contributed by atoms with Crippen molar-refractivity contribution < 1.29 is 14.0 Å².